The first-order valence-electron chi connectivity index (χ1n) is 9.84. The van der Waals surface area contributed by atoms with Crippen molar-refractivity contribution in [1.82, 2.24) is 15.2 Å². The van der Waals surface area contributed by atoms with Crippen LogP contribution >= 0.6 is 0 Å². The predicted molar refractivity (Wildman–Crippen MR) is 112 cm³/mol. The van der Waals surface area contributed by atoms with Crippen LogP contribution < -0.4 is 10.1 Å². The molecule has 6 nitrogen and oxygen atoms in total. The molecule has 1 amide bonds. The number of para-hydroxylation sites is 1. The number of hydrogen-bond acceptors (Lipinski definition) is 5. The van der Waals surface area contributed by atoms with Crippen LogP contribution in [0.3, 0.4) is 0 Å². The molecule has 0 radical (unpaired) electrons. The Labute approximate surface area is 170 Å². The highest BCUT2D eigenvalue weighted by atomic mass is 16.5. The summed E-state index contributed by atoms with van der Waals surface area (Å²) in [6, 6.07) is 17.6. The van der Waals surface area contributed by atoms with E-state index in [1.165, 1.54) is 0 Å². The molecule has 1 atom stereocenters. The zero-order valence-electron chi connectivity index (χ0n) is 16.5. The molecule has 1 aliphatic rings. The minimum Gasteiger partial charge on any atom is -0.497 e. The molecule has 4 rings (SSSR count). The van der Waals surface area contributed by atoms with Gasteiger partial charge in [0.2, 0.25) is 0 Å². The normalized spacial score (nSPS) is 15.8. The van der Waals surface area contributed by atoms with E-state index in [-0.39, 0.29) is 11.9 Å². The van der Waals surface area contributed by atoms with E-state index in [2.05, 4.69) is 27.3 Å². The number of benzene rings is 2. The number of ether oxygens (including phenoxy) is 2. The lowest BCUT2D eigenvalue weighted by Gasteiger charge is -2.35. The Morgan fingerprint density at radius 2 is 1.90 bits per heavy atom. The van der Waals surface area contributed by atoms with Crippen LogP contribution in [0, 0.1) is 0 Å². The summed E-state index contributed by atoms with van der Waals surface area (Å²) < 4.78 is 10.8. The van der Waals surface area contributed by atoms with Crippen LogP contribution in [-0.4, -0.2) is 55.7 Å². The van der Waals surface area contributed by atoms with E-state index in [1.807, 2.05) is 42.5 Å². The summed E-state index contributed by atoms with van der Waals surface area (Å²) in [6.45, 7) is 3.58. The van der Waals surface area contributed by atoms with Crippen molar-refractivity contribution >= 4 is 16.8 Å². The van der Waals surface area contributed by atoms with Gasteiger partial charge in [-0.15, -0.1) is 0 Å². The lowest BCUT2D eigenvalue weighted by atomic mass is 10.0. The van der Waals surface area contributed by atoms with Crippen molar-refractivity contribution in [2.75, 3.05) is 40.0 Å². The maximum absolute atomic E-state index is 13.0. The molecular formula is C23H25N3O3. The van der Waals surface area contributed by atoms with Crippen LogP contribution in [0.4, 0.5) is 0 Å². The number of pyridine rings is 1. The number of rotatable bonds is 6. The smallest absolute Gasteiger partial charge is 0.253 e. The van der Waals surface area contributed by atoms with E-state index >= 15 is 0 Å². The minimum atomic E-state index is -0.110. The van der Waals surface area contributed by atoms with Gasteiger partial charge in [0.25, 0.3) is 5.91 Å². The molecule has 2 heterocycles. The minimum absolute atomic E-state index is 0.0664. The number of fused-ring (bicyclic) bond motifs is 1. The van der Waals surface area contributed by atoms with E-state index in [0.717, 1.165) is 35.3 Å². The van der Waals surface area contributed by atoms with Gasteiger partial charge in [-0.2, -0.15) is 0 Å². The zero-order valence-corrected chi connectivity index (χ0v) is 16.5. The first-order valence-corrected chi connectivity index (χ1v) is 9.84. The summed E-state index contributed by atoms with van der Waals surface area (Å²) in [5.74, 6) is 0.710. The van der Waals surface area contributed by atoms with Gasteiger partial charge in [0, 0.05) is 31.2 Å². The van der Waals surface area contributed by atoms with Crippen LogP contribution in [0.1, 0.15) is 22.0 Å². The summed E-state index contributed by atoms with van der Waals surface area (Å²) in [7, 11) is 1.66. The number of carbonyl (C=O) groups is 1. The Morgan fingerprint density at radius 1 is 1.14 bits per heavy atom. The second-order valence-corrected chi connectivity index (χ2v) is 7.03. The van der Waals surface area contributed by atoms with Gasteiger partial charge in [-0.25, -0.2) is 0 Å². The molecule has 0 bridgehead atoms. The molecule has 1 fully saturated rings. The molecule has 29 heavy (non-hydrogen) atoms. The van der Waals surface area contributed by atoms with Gasteiger partial charge in [0.1, 0.15) is 5.75 Å². The topological polar surface area (TPSA) is 63.7 Å². The van der Waals surface area contributed by atoms with E-state index in [0.29, 0.717) is 25.3 Å². The predicted octanol–water partition coefficient (Wildman–Crippen LogP) is 3.05. The van der Waals surface area contributed by atoms with Crippen LogP contribution in [0.15, 0.2) is 60.8 Å². The summed E-state index contributed by atoms with van der Waals surface area (Å²) in [6.07, 6.45) is 1.72. The van der Waals surface area contributed by atoms with E-state index in [4.69, 9.17) is 9.47 Å². The van der Waals surface area contributed by atoms with Crippen molar-refractivity contribution in [3.63, 3.8) is 0 Å². The Hall–Kier alpha value is -2.96. The third kappa shape index (κ3) is 4.39. The van der Waals surface area contributed by atoms with Crippen molar-refractivity contribution in [1.29, 1.82) is 0 Å². The first-order chi connectivity index (χ1) is 14.3. The number of amides is 1. The molecule has 1 aliphatic heterocycles. The number of carbonyl (C=O) groups excluding carboxylic acids is 1. The molecule has 6 heteroatoms. The number of hydrogen-bond donors (Lipinski definition) is 1. The molecular weight excluding hydrogens is 366 g/mol. The van der Waals surface area contributed by atoms with Crippen molar-refractivity contribution in [2.45, 2.75) is 6.04 Å². The highest BCUT2D eigenvalue weighted by Gasteiger charge is 2.24. The number of nitrogens with zero attached hydrogens (tertiary/aromatic N) is 2. The first kappa shape index (κ1) is 19.4. The average molecular weight is 391 g/mol. The zero-order chi connectivity index (χ0) is 20.1. The van der Waals surface area contributed by atoms with E-state index < -0.39 is 0 Å². The molecule has 150 valence electrons. The lowest BCUT2D eigenvalue weighted by Crippen LogP contribution is -2.43. The quantitative estimate of drug-likeness (QED) is 0.700. The van der Waals surface area contributed by atoms with Crippen molar-refractivity contribution in [2.24, 2.45) is 0 Å². The SMILES string of the molecule is COc1ccc([C@H](CNC(=O)c2cccc3cccnc23)N2CCOCC2)cc1. The molecule has 2 aromatic carbocycles. The molecule has 1 saturated heterocycles. The second kappa shape index (κ2) is 9.03. The van der Waals surface area contributed by atoms with Gasteiger partial charge < -0.3 is 14.8 Å². The summed E-state index contributed by atoms with van der Waals surface area (Å²) in [5.41, 5.74) is 2.46. The lowest BCUT2D eigenvalue weighted by molar-refractivity contribution is 0.0162. The van der Waals surface area contributed by atoms with Gasteiger partial charge >= 0.3 is 0 Å². The number of morpholine rings is 1. The maximum Gasteiger partial charge on any atom is 0.253 e. The maximum atomic E-state index is 13.0. The van der Waals surface area contributed by atoms with Gasteiger partial charge in [-0.1, -0.05) is 30.3 Å². The van der Waals surface area contributed by atoms with Crippen LogP contribution in [0.2, 0.25) is 0 Å². The fraction of sp³-hybridized carbons (Fsp3) is 0.304. The van der Waals surface area contributed by atoms with E-state index in [9.17, 15) is 4.79 Å². The van der Waals surface area contributed by atoms with E-state index in [1.54, 1.807) is 13.3 Å². The molecule has 1 aromatic heterocycles. The molecule has 0 spiro atoms. The molecule has 0 aliphatic carbocycles. The fourth-order valence-electron chi connectivity index (χ4n) is 3.75. The molecule has 3 aromatic rings. The van der Waals surface area contributed by atoms with Crippen molar-refractivity contribution in [3.8, 4) is 5.75 Å². The number of methoxy groups -OCH3 is 1. The molecule has 1 N–H and O–H groups in total. The van der Waals surface area contributed by atoms with Crippen molar-refractivity contribution < 1.29 is 14.3 Å². The van der Waals surface area contributed by atoms with Crippen LogP contribution in [0.25, 0.3) is 10.9 Å². The second-order valence-electron chi connectivity index (χ2n) is 7.03. The third-order valence-electron chi connectivity index (χ3n) is 5.32. The Morgan fingerprint density at radius 3 is 2.66 bits per heavy atom. The number of aromatic nitrogens is 1. The Balaban J connectivity index is 1.54. The Kier molecular flexibility index (Phi) is 6.03. The summed E-state index contributed by atoms with van der Waals surface area (Å²) >= 11 is 0. The highest BCUT2D eigenvalue weighted by Crippen LogP contribution is 2.24. The van der Waals surface area contributed by atoms with Gasteiger partial charge in [0.05, 0.1) is 37.4 Å². The van der Waals surface area contributed by atoms with Crippen LogP contribution in [-0.2, 0) is 4.74 Å². The monoisotopic (exact) mass is 391 g/mol. The standard InChI is InChI=1S/C23H25N3O3/c1-28-19-9-7-17(8-10-19)21(26-12-14-29-15-13-26)16-25-23(27)20-6-2-4-18-5-3-11-24-22(18)20/h2-11,21H,12-16H2,1H3,(H,25,27)/t21-/m0/s1. The van der Waals surface area contributed by atoms with Gasteiger partial charge in [-0.05, 0) is 29.8 Å². The largest absolute Gasteiger partial charge is 0.497 e. The Bertz CT molecular complexity index is 963. The number of nitrogens with one attached hydrogen (secondary N) is 1. The fourth-order valence-corrected chi connectivity index (χ4v) is 3.75. The van der Waals surface area contributed by atoms with Crippen LogP contribution in [0.5, 0.6) is 5.75 Å². The molecule has 0 unspecified atom stereocenters. The van der Waals surface area contributed by atoms with Gasteiger partial charge in [-0.3, -0.25) is 14.7 Å². The molecule has 0 saturated carbocycles. The average Bonchev–Trinajstić information content (AvgIpc) is 2.80. The third-order valence-corrected chi connectivity index (χ3v) is 5.32. The summed E-state index contributed by atoms with van der Waals surface area (Å²) in [4.78, 5) is 19.7. The summed E-state index contributed by atoms with van der Waals surface area (Å²) in [5, 5.41) is 4.08. The highest BCUT2D eigenvalue weighted by molar-refractivity contribution is 6.05. The van der Waals surface area contributed by atoms with Crippen molar-refractivity contribution in [3.05, 3.63) is 71.9 Å². The van der Waals surface area contributed by atoms with Gasteiger partial charge in [0.15, 0.2) is 0 Å².